The Morgan fingerprint density at radius 1 is 1.23 bits per heavy atom. The smallest absolute Gasteiger partial charge is 0.306 e. The Hall–Kier alpha value is -2.43. The van der Waals surface area contributed by atoms with E-state index in [-0.39, 0.29) is 5.92 Å². The van der Waals surface area contributed by atoms with E-state index in [0.29, 0.717) is 12.8 Å². The van der Waals surface area contributed by atoms with Gasteiger partial charge in [0.2, 0.25) is 0 Å². The fourth-order valence-electron chi connectivity index (χ4n) is 2.83. The molecule has 2 heterocycles. The van der Waals surface area contributed by atoms with Crippen molar-refractivity contribution in [2.75, 3.05) is 18.0 Å². The van der Waals surface area contributed by atoms with Crippen LogP contribution in [0.25, 0.3) is 11.4 Å². The topological polar surface area (TPSA) is 66.3 Å². The first-order chi connectivity index (χ1) is 10.6. The minimum atomic E-state index is -0.692. The molecule has 22 heavy (non-hydrogen) atoms. The van der Waals surface area contributed by atoms with Crippen LogP contribution in [0.1, 0.15) is 18.4 Å². The van der Waals surface area contributed by atoms with Gasteiger partial charge in [-0.2, -0.15) is 0 Å². The Morgan fingerprint density at radius 3 is 2.64 bits per heavy atom. The maximum atomic E-state index is 11.0. The number of carboxylic acids is 1. The molecular weight excluding hydrogens is 278 g/mol. The van der Waals surface area contributed by atoms with Crippen molar-refractivity contribution in [1.82, 2.24) is 9.97 Å². The highest BCUT2D eigenvalue weighted by molar-refractivity contribution is 5.70. The van der Waals surface area contributed by atoms with E-state index >= 15 is 0 Å². The van der Waals surface area contributed by atoms with Crippen LogP contribution >= 0.6 is 0 Å². The van der Waals surface area contributed by atoms with Gasteiger partial charge in [0.05, 0.1) is 5.92 Å². The van der Waals surface area contributed by atoms with E-state index in [9.17, 15) is 4.79 Å². The van der Waals surface area contributed by atoms with Crippen LogP contribution in [0.5, 0.6) is 0 Å². The summed E-state index contributed by atoms with van der Waals surface area (Å²) in [5, 5.41) is 9.07. The van der Waals surface area contributed by atoms with Gasteiger partial charge in [0, 0.05) is 24.8 Å². The van der Waals surface area contributed by atoms with Crippen molar-refractivity contribution >= 4 is 11.8 Å². The van der Waals surface area contributed by atoms with E-state index in [1.807, 2.05) is 37.3 Å². The molecule has 0 aliphatic carbocycles. The van der Waals surface area contributed by atoms with E-state index in [1.54, 1.807) is 6.20 Å². The molecule has 1 aromatic carbocycles. The average Bonchev–Trinajstić information content (AvgIpc) is 2.55. The van der Waals surface area contributed by atoms with Crippen LogP contribution in [-0.2, 0) is 4.79 Å². The van der Waals surface area contributed by atoms with E-state index in [0.717, 1.165) is 35.9 Å². The molecule has 0 saturated carbocycles. The predicted octanol–water partition coefficient (Wildman–Crippen LogP) is 2.75. The summed E-state index contributed by atoms with van der Waals surface area (Å²) in [4.78, 5) is 22.2. The molecule has 3 rings (SSSR count). The first kappa shape index (κ1) is 14.5. The monoisotopic (exact) mass is 297 g/mol. The zero-order valence-corrected chi connectivity index (χ0v) is 12.6. The number of aromatic nitrogens is 2. The number of aryl methyl sites for hydroxylation is 1. The summed E-state index contributed by atoms with van der Waals surface area (Å²) in [6.45, 7) is 3.49. The Balaban J connectivity index is 1.81. The van der Waals surface area contributed by atoms with Crippen LogP contribution in [-0.4, -0.2) is 34.1 Å². The third-order valence-corrected chi connectivity index (χ3v) is 4.20. The van der Waals surface area contributed by atoms with Crippen LogP contribution in [0.15, 0.2) is 36.5 Å². The second-order valence-electron chi connectivity index (χ2n) is 5.65. The van der Waals surface area contributed by atoms with Crippen molar-refractivity contribution < 1.29 is 9.90 Å². The van der Waals surface area contributed by atoms with Crippen LogP contribution in [0.2, 0.25) is 0 Å². The molecule has 0 atom stereocenters. The zero-order chi connectivity index (χ0) is 15.5. The molecule has 1 aromatic heterocycles. The third-order valence-electron chi connectivity index (χ3n) is 4.20. The number of aliphatic carboxylic acids is 1. The Morgan fingerprint density at radius 2 is 1.95 bits per heavy atom. The first-order valence-electron chi connectivity index (χ1n) is 7.52. The number of anilines is 1. The third kappa shape index (κ3) is 2.93. The molecule has 1 saturated heterocycles. The van der Waals surface area contributed by atoms with Crippen molar-refractivity contribution in [1.29, 1.82) is 0 Å². The summed E-state index contributed by atoms with van der Waals surface area (Å²) in [5.74, 6) is 0.671. The molecule has 114 valence electrons. The number of piperidine rings is 1. The van der Waals surface area contributed by atoms with E-state index in [2.05, 4.69) is 14.9 Å². The number of rotatable bonds is 3. The lowest BCUT2D eigenvalue weighted by molar-refractivity contribution is -0.142. The van der Waals surface area contributed by atoms with Gasteiger partial charge in [-0.25, -0.2) is 9.97 Å². The second-order valence-corrected chi connectivity index (χ2v) is 5.65. The van der Waals surface area contributed by atoms with Crippen LogP contribution < -0.4 is 4.90 Å². The molecule has 0 radical (unpaired) electrons. The molecule has 0 spiro atoms. The van der Waals surface area contributed by atoms with Gasteiger partial charge < -0.3 is 10.0 Å². The summed E-state index contributed by atoms with van der Waals surface area (Å²) >= 11 is 0. The highest BCUT2D eigenvalue weighted by Crippen LogP contribution is 2.25. The SMILES string of the molecule is Cc1ccccc1-c1nccc(N2CCC(C(=O)O)CC2)n1. The molecule has 1 aliphatic rings. The van der Waals surface area contributed by atoms with Gasteiger partial charge in [-0.1, -0.05) is 24.3 Å². The molecule has 1 aliphatic heterocycles. The summed E-state index contributed by atoms with van der Waals surface area (Å²) in [7, 11) is 0. The van der Waals surface area contributed by atoms with Gasteiger partial charge in [-0.15, -0.1) is 0 Å². The van der Waals surface area contributed by atoms with Crippen molar-refractivity contribution in [2.45, 2.75) is 19.8 Å². The molecule has 0 unspecified atom stereocenters. The largest absolute Gasteiger partial charge is 0.481 e. The summed E-state index contributed by atoms with van der Waals surface area (Å²) < 4.78 is 0. The van der Waals surface area contributed by atoms with Crippen molar-refractivity contribution in [3.63, 3.8) is 0 Å². The van der Waals surface area contributed by atoms with E-state index < -0.39 is 5.97 Å². The average molecular weight is 297 g/mol. The van der Waals surface area contributed by atoms with E-state index in [4.69, 9.17) is 5.11 Å². The standard InChI is InChI=1S/C17H19N3O2/c1-12-4-2-3-5-14(12)16-18-9-6-15(19-16)20-10-7-13(8-11-20)17(21)22/h2-6,9,13H,7-8,10-11H2,1H3,(H,21,22). The number of benzene rings is 1. The fourth-order valence-corrected chi connectivity index (χ4v) is 2.83. The molecule has 2 aromatic rings. The minimum Gasteiger partial charge on any atom is -0.481 e. The van der Waals surface area contributed by atoms with Crippen molar-refractivity contribution in [2.24, 2.45) is 5.92 Å². The Labute approximate surface area is 129 Å². The van der Waals surface area contributed by atoms with Gasteiger partial charge in [-0.05, 0) is 31.4 Å². The van der Waals surface area contributed by atoms with Gasteiger partial charge >= 0.3 is 5.97 Å². The van der Waals surface area contributed by atoms with Gasteiger partial charge in [0.25, 0.3) is 0 Å². The highest BCUT2D eigenvalue weighted by Gasteiger charge is 2.25. The normalized spacial score (nSPS) is 15.8. The quantitative estimate of drug-likeness (QED) is 0.943. The molecule has 5 nitrogen and oxygen atoms in total. The lowest BCUT2D eigenvalue weighted by Crippen LogP contribution is -2.36. The van der Waals surface area contributed by atoms with Gasteiger partial charge in [0.15, 0.2) is 5.82 Å². The van der Waals surface area contributed by atoms with Crippen molar-refractivity contribution in [3.8, 4) is 11.4 Å². The molecule has 0 amide bonds. The van der Waals surface area contributed by atoms with E-state index in [1.165, 1.54) is 0 Å². The highest BCUT2D eigenvalue weighted by atomic mass is 16.4. The predicted molar refractivity (Wildman–Crippen MR) is 84.8 cm³/mol. The van der Waals surface area contributed by atoms with Crippen molar-refractivity contribution in [3.05, 3.63) is 42.1 Å². The summed E-state index contributed by atoms with van der Waals surface area (Å²) in [6, 6.07) is 9.94. The number of hydrogen-bond acceptors (Lipinski definition) is 4. The van der Waals surface area contributed by atoms with Gasteiger partial charge in [-0.3, -0.25) is 4.79 Å². The van der Waals surface area contributed by atoms with Crippen LogP contribution in [0, 0.1) is 12.8 Å². The fraction of sp³-hybridized carbons (Fsp3) is 0.353. The van der Waals surface area contributed by atoms with Gasteiger partial charge in [0.1, 0.15) is 5.82 Å². The maximum Gasteiger partial charge on any atom is 0.306 e. The minimum absolute atomic E-state index is 0.228. The molecule has 5 heteroatoms. The molecule has 0 bridgehead atoms. The summed E-state index contributed by atoms with van der Waals surface area (Å²) in [6.07, 6.45) is 3.10. The summed E-state index contributed by atoms with van der Waals surface area (Å²) in [5.41, 5.74) is 2.18. The zero-order valence-electron chi connectivity index (χ0n) is 12.6. The number of carbonyl (C=O) groups is 1. The molecule has 1 fully saturated rings. The Bertz CT molecular complexity index is 679. The van der Waals surface area contributed by atoms with Crippen LogP contribution in [0.4, 0.5) is 5.82 Å². The second kappa shape index (κ2) is 6.13. The molecular formula is C17H19N3O2. The number of nitrogens with zero attached hydrogens (tertiary/aromatic N) is 3. The number of hydrogen-bond donors (Lipinski definition) is 1. The first-order valence-corrected chi connectivity index (χ1v) is 7.52. The number of carboxylic acid groups (broad SMARTS) is 1. The maximum absolute atomic E-state index is 11.0. The Kier molecular flexibility index (Phi) is 4.04. The van der Waals surface area contributed by atoms with Crippen LogP contribution in [0.3, 0.4) is 0 Å². The lowest BCUT2D eigenvalue weighted by atomic mass is 9.97. The lowest BCUT2D eigenvalue weighted by Gasteiger charge is -2.31. The molecule has 1 N–H and O–H groups in total.